The molecule has 0 spiro atoms. The molecular weight excluding hydrogens is 314 g/mol. The van der Waals surface area contributed by atoms with Gasteiger partial charge in [0.15, 0.2) is 0 Å². The quantitative estimate of drug-likeness (QED) is 0.801. The first-order valence-electron chi connectivity index (χ1n) is 9.21. The van der Waals surface area contributed by atoms with Crippen LogP contribution < -0.4 is 4.74 Å². The van der Waals surface area contributed by atoms with E-state index in [4.69, 9.17) is 4.74 Å². The Bertz CT molecular complexity index is 711. The molecule has 136 valence electrons. The molecule has 1 aromatic carbocycles. The lowest BCUT2D eigenvalue weighted by atomic mass is 10.1. The van der Waals surface area contributed by atoms with Crippen molar-refractivity contribution in [2.45, 2.75) is 45.2 Å². The van der Waals surface area contributed by atoms with E-state index in [0.717, 1.165) is 50.3 Å². The molecular formula is C20H29N3O2. The van der Waals surface area contributed by atoms with Gasteiger partial charge < -0.3 is 9.84 Å². The first-order chi connectivity index (χ1) is 12.2. The van der Waals surface area contributed by atoms with E-state index in [1.165, 1.54) is 16.7 Å². The highest BCUT2D eigenvalue weighted by Gasteiger charge is 2.29. The highest BCUT2D eigenvalue weighted by atomic mass is 16.5. The maximum Gasteiger partial charge on any atom is 0.216 e. The molecule has 5 nitrogen and oxygen atoms in total. The molecule has 0 bridgehead atoms. The molecule has 25 heavy (non-hydrogen) atoms. The Kier molecular flexibility index (Phi) is 5.76. The summed E-state index contributed by atoms with van der Waals surface area (Å²) in [6.07, 6.45) is 3.93. The molecule has 2 aromatic rings. The zero-order valence-electron chi connectivity index (χ0n) is 15.5. The SMILES string of the molecule is CCc1nn(C)c(OC)c1CN(CCCO)C1CCc2ccccc21. The van der Waals surface area contributed by atoms with Crippen molar-refractivity contribution in [2.75, 3.05) is 20.3 Å². The van der Waals surface area contributed by atoms with Gasteiger partial charge in [0, 0.05) is 32.8 Å². The van der Waals surface area contributed by atoms with E-state index in [9.17, 15) is 5.11 Å². The zero-order chi connectivity index (χ0) is 17.8. The molecule has 0 aliphatic heterocycles. The van der Waals surface area contributed by atoms with Gasteiger partial charge in [0.05, 0.1) is 18.4 Å². The van der Waals surface area contributed by atoms with Gasteiger partial charge in [-0.15, -0.1) is 0 Å². The van der Waals surface area contributed by atoms with Crippen molar-refractivity contribution in [3.05, 3.63) is 46.6 Å². The lowest BCUT2D eigenvalue weighted by Crippen LogP contribution is -2.29. The average Bonchev–Trinajstić information content (AvgIpc) is 3.19. The van der Waals surface area contributed by atoms with Crippen LogP contribution >= 0.6 is 0 Å². The Hall–Kier alpha value is -1.85. The van der Waals surface area contributed by atoms with Crippen molar-refractivity contribution in [2.24, 2.45) is 7.05 Å². The van der Waals surface area contributed by atoms with Crippen LogP contribution in [-0.4, -0.2) is 40.0 Å². The molecule has 0 fully saturated rings. The molecule has 1 aliphatic rings. The number of methoxy groups -OCH3 is 1. The number of hydrogen-bond donors (Lipinski definition) is 1. The third kappa shape index (κ3) is 3.58. The van der Waals surface area contributed by atoms with Gasteiger partial charge in [-0.2, -0.15) is 5.10 Å². The molecule has 0 saturated carbocycles. The van der Waals surface area contributed by atoms with Gasteiger partial charge in [0.1, 0.15) is 0 Å². The Labute approximate surface area is 150 Å². The maximum absolute atomic E-state index is 9.36. The Morgan fingerprint density at radius 1 is 1.36 bits per heavy atom. The topological polar surface area (TPSA) is 50.5 Å². The average molecular weight is 343 g/mol. The Morgan fingerprint density at radius 3 is 2.88 bits per heavy atom. The normalized spacial score (nSPS) is 16.4. The summed E-state index contributed by atoms with van der Waals surface area (Å²) in [5.74, 6) is 0.845. The second-order valence-corrected chi connectivity index (χ2v) is 6.71. The zero-order valence-corrected chi connectivity index (χ0v) is 15.5. The van der Waals surface area contributed by atoms with E-state index < -0.39 is 0 Å². The van der Waals surface area contributed by atoms with Crippen LogP contribution in [-0.2, 0) is 26.4 Å². The van der Waals surface area contributed by atoms with Crippen LogP contribution in [0.15, 0.2) is 24.3 Å². The van der Waals surface area contributed by atoms with Crippen molar-refractivity contribution in [1.82, 2.24) is 14.7 Å². The van der Waals surface area contributed by atoms with E-state index in [1.807, 2.05) is 11.7 Å². The number of aromatic nitrogens is 2. The predicted octanol–water partition coefficient (Wildman–Crippen LogP) is 2.86. The van der Waals surface area contributed by atoms with Crippen molar-refractivity contribution in [1.29, 1.82) is 0 Å². The largest absolute Gasteiger partial charge is 0.481 e. The maximum atomic E-state index is 9.36. The summed E-state index contributed by atoms with van der Waals surface area (Å²) in [5, 5.41) is 14.0. The van der Waals surface area contributed by atoms with E-state index in [2.05, 4.69) is 41.2 Å². The van der Waals surface area contributed by atoms with Gasteiger partial charge in [-0.25, -0.2) is 4.68 Å². The van der Waals surface area contributed by atoms with Crippen LogP contribution in [0.3, 0.4) is 0 Å². The summed E-state index contributed by atoms with van der Waals surface area (Å²) in [5.41, 5.74) is 5.16. The minimum atomic E-state index is 0.218. The highest BCUT2D eigenvalue weighted by Crippen LogP contribution is 2.37. The number of benzene rings is 1. The van der Waals surface area contributed by atoms with Crippen LogP contribution in [0.25, 0.3) is 0 Å². The molecule has 1 unspecified atom stereocenters. The van der Waals surface area contributed by atoms with Crippen LogP contribution in [0, 0.1) is 0 Å². The van der Waals surface area contributed by atoms with E-state index in [0.29, 0.717) is 6.04 Å². The minimum absolute atomic E-state index is 0.218. The Balaban J connectivity index is 1.90. The number of rotatable bonds is 8. The number of aliphatic hydroxyl groups is 1. The first kappa shape index (κ1) is 18.0. The molecule has 1 heterocycles. The Morgan fingerprint density at radius 2 is 2.16 bits per heavy atom. The van der Waals surface area contributed by atoms with Gasteiger partial charge in [0.25, 0.3) is 0 Å². The second kappa shape index (κ2) is 8.02. The number of nitrogens with zero attached hydrogens (tertiary/aromatic N) is 3. The second-order valence-electron chi connectivity index (χ2n) is 6.71. The lowest BCUT2D eigenvalue weighted by molar-refractivity contribution is 0.163. The molecule has 0 amide bonds. The molecule has 5 heteroatoms. The summed E-state index contributed by atoms with van der Waals surface area (Å²) >= 11 is 0. The van der Waals surface area contributed by atoms with E-state index in [1.54, 1.807) is 7.11 Å². The van der Waals surface area contributed by atoms with Gasteiger partial charge in [-0.1, -0.05) is 31.2 Å². The summed E-state index contributed by atoms with van der Waals surface area (Å²) in [4.78, 5) is 2.49. The molecule has 1 aliphatic carbocycles. The van der Waals surface area contributed by atoms with Gasteiger partial charge >= 0.3 is 0 Å². The number of hydrogen-bond acceptors (Lipinski definition) is 4. The molecule has 3 rings (SSSR count). The van der Waals surface area contributed by atoms with E-state index >= 15 is 0 Å². The first-order valence-corrected chi connectivity index (χ1v) is 9.21. The standard InChI is InChI=1S/C20H29N3O2/c1-4-18-17(20(25-3)22(2)21-18)14-23(12-7-13-24)19-11-10-15-8-5-6-9-16(15)19/h5-6,8-9,19,24H,4,7,10-14H2,1-3H3. The van der Waals surface area contributed by atoms with Gasteiger partial charge in [-0.3, -0.25) is 4.90 Å². The van der Waals surface area contributed by atoms with Crippen LogP contribution in [0.1, 0.15) is 48.2 Å². The van der Waals surface area contributed by atoms with Crippen molar-refractivity contribution in [3.8, 4) is 5.88 Å². The third-order valence-electron chi connectivity index (χ3n) is 5.21. The van der Waals surface area contributed by atoms with Crippen LogP contribution in [0.5, 0.6) is 5.88 Å². The fourth-order valence-corrected chi connectivity index (χ4v) is 4.04. The third-order valence-corrected chi connectivity index (χ3v) is 5.21. The highest BCUT2D eigenvalue weighted by molar-refractivity contribution is 5.36. The molecule has 1 N–H and O–H groups in total. The van der Waals surface area contributed by atoms with Crippen molar-refractivity contribution in [3.63, 3.8) is 0 Å². The fraction of sp³-hybridized carbons (Fsp3) is 0.550. The molecule has 0 radical (unpaired) electrons. The number of aliphatic hydroxyl groups excluding tert-OH is 1. The number of fused-ring (bicyclic) bond motifs is 1. The predicted molar refractivity (Wildman–Crippen MR) is 98.8 cm³/mol. The van der Waals surface area contributed by atoms with E-state index in [-0.39, 0.29) is 6.61 Å². The van der Waals surface area contributed by atoms with Gasteiger partial charge in [0.2, 0.25) is 5.88 Å². The van der Waals surface area contributed by atoms with Crippen molar-refractivity contribution < 1.29 is 9.84 Å². The molecule has 1 aromatic heterocycles. The van der Waals surface area contributed by atoms with Crippen LogP contribution in [0.2, 0.25) is 0 Å². The van der Waals surface area contributed by atoms with Crippen molar-refractivity contribution >= 4 is 0 Å². The summed E-state index contributed by atoms with van der Waals surface area (Å²) < 4.78 is 7.45. The monoisotopic (exact) mass is 343 g/mol. The van der Waals surface area contributed by atoms with Crippen LogP contribution in [0.4, 0.5) is 0 Å². The summed E-state index contributed by atoms with van der Waals surface area (Å²) in [6, 6.07) is 9.14. The minimum Gasteiger partial charge on any atom is -0.481 e. The molecule has 0 saturated heterocycles. The fourth-order valence-electron chi connectivity index (χ4n) is 4.04. The summed E-state index contributed by atoms with van der Waals surface area (Å²) in [6.45, 7) is 4.03. The lowest BCUT2D eigenvalue weighted by Gasteiger charge is -2.29. The summed E-state index contributed by atoms with van der Waals surface area (Å²) in [7, 11) is 3.65. The van der Waals surface area contributed by atoms with Gasteiger partial charge in [-0.05, 0) is 36.8 Å². The smallest absolute Gasteiger partial charge is 0.216 e. The number of aryl methyl sites for hydroxylation is 3. The molecule has 1 atom stereocenters. The number of ether oxygens (including phenoxy) is 1.